The smallest absolute Gasteiger partial charge is 0.0656 e. The Bertz CT molecular complexity index is 260. The average molecular weight is 310 g/mol. The van der Waals surface area contributed by atoms with Crippen LogP contribution in [0.5, 0.6) is 0 Å². The second kappa shape index (κ2) is 5.29. The largest absolute Gasteiger partial charge is 0.271 e. The Balaban J connectivity index is 2.66. The van der Waals surface area contributed by atoms with Gasteiger partial charge in [-0.3, -0.25) is 11.3 Å². The van der Waals surface area contributed by atoms with Crippen LogP contribution < -0.4 is 11.3 Å². The molecule has 2 nitrogen and oxygen atoms in total. The van der Waals surface area contributed by atoms with E-state index in [-0.39, 0.29) is 0 Å². The molecule has 0 aromatic carbocycles. The topological polar surface area (TPSA) is 38.0 Å². The monoisotopic (exact) mass is 310 g/mol. The number of hydrogen-bond donors (Lipinski definition) is 2. The van der Waals surface area contributed by atoms with Gasteiger partial charge in [0.2, 0.25) is 0 Å². The highest BCUT2D eigenvalue weighted by molar-refractivity contribution is 14.1. The van der Waals surface area contributed by atoms with Crippen molar-refractivity contribution in [1.82, 2.24) is 5.43 Å². The minimum atomic E-state index is 0.305. The van der Waals surface area contributed by atoms with Crippen molar-refractivity contribution in [2.24, 2.45) is 11.8 Å². The molecule has 1 rings (SSSR count). The molecule has 0 aliphatic carbocycles. The minimum Gasteiger partial charge on any atom is -0.271 e. The van der Waals surface area contributed by atoms with E-state index in [9.17, 15) is 0 Å². The fourth-order valence-corrected chi connectivity index (χ4v) is 2.70. The molecule has 0 saturated carbocycles. The van der Waals surface area contributed by atoms with Gasteiger partial charge in [-0.1, -0.05) is 13.8 Å². The highest BCUT2D eigenvalue weighted by atomic mass is 127. The maximum Gasteiger partial charge on any atom is 0.0656 e. The van der Waals surface area contributed by atoms with E-state index in [2.05, 4.69) is 53.3 Å². The standard InChI is InChI=1S/C9H15IN2S/c1-6(2)3-8(12-11)7-4-9(10)13-5-7/h4-6,8,12H,3,11H2,1-2H3. The zero-order valence-corrected chi connectivity index (χ0v) is 10.9. The summed E-state index contributed by atoms with van der Waals surface area (Å²) in [5.74, 6) is 6.18. The third-order valence-corrected chi connectivity index (χ3v) is 3.71. The van der Waals surface area contributed by atoms with Crippen molar-refractivity contribution in [3.63, 3.8) is 0 Å². The lowest BCUT2D eigenvalue weighted by molar-refractivity contribution is 0.439. The summed E-state index contributed by atoms with van der Waals surface area (Å²) in [7, 11) is 0. The Hall–Kier alpha value is 0.350. The number of hydrogen-bond acceptors (Lipinski definition) is 3. The van der Waals surface area contributed by atoms with Gasteiger partial charge in [-0.2, -0.15) is 0 Å². The summed E-state index contributed by atoms with van der Waals surface area (Å²) in [5.41, 5.74) is 4.18. The molecule has 1 aromatic heterocycles. The third kappa shape index (κ3) is 3.53. The van der Waals surface area contributed by atoms with E-state index in [0.717, 1.165) is 6.42 Å². The molecule has 1 aromatic rings. The van der Waals surface area contributed by atoms with Crippen molar-refractivity contribution in [1.29, 1.82) is 0 Å². The second-order valence-electron chi connectivity index (χ2n) is 3.53. The van der Waals surface area contributed by atoms with Gasteiger partial charge < -0.3 is 0 Å². The molecule has 0 radical (unpaired) electrons. The molecule has 1 heterocycles. The zero-order valence-electron chi connectivity index (χ0n) is 7.88. The number of rotatable bonds is 4. The van der Waals surface area contributed by atoms with Gasteiger partial charge in [-0.05, 0) is 51.9 Å². The molecule has 0 bridgehead atoms. The molecular weight excluding hydrogens is 295 g/mol. The van der Waals surface area contributed by atoms with Gasteiger partial charge in [0, 0.05) is 6.04 Å². The molecule has 3 N–H and O–H groups in total. The summed E-state index contributed by atoms with van der Waals surface area (Å²) in [6, 6.07) is 2.50. The summed E-state index contributed by atoms with van der Waals surface area (Å²) in [6.07, 6.45) is 1.09. The molecule has 13 heavy (non-hydrogen) atoms. The molecular formula is C9H15IN2S. The van der Waals surface area contributed by atoms with Crippen molar-refractivity contribution in [2.45, 2.75) is 26.3 Å². The first-order valence-corrected chi connectivity index (χ1v) is 6.29. The van der Waals surface area contributed by atoms with Gasteiger partial charge in [-0.25, -0.2) is 0 Å². The van der Waals surface area contributed by atoms with Crippen LogP contribution in [0.15, 0.2) is 11.4 Å². The Morgan fingerprint density at radius 1 is 1.62 bits per heavy atom. The van der Waals surface area contributed by atoms with Crippen LogP contribution in [0.4, 0.5) is 0 Å². The fraction of sp³-hybridized carbons (Fsp3) is 0.556. The van der Waals surface area contributed by atoms with Crippen molar-refractivity contribution in [2.75, 3.05) is 0 Å². The molecule has 1 unspecified atom stereocenters. The fourth-order valence-electron chi connectivity index (χ4n) is 1.28. The molecule has 74 valence electrons. The second-order valence-corrected chi connectivity index (χ2v) is 6.34. The van der Waals surface area contributed by atoms with Crippen LogP contribution >= 0.6 is 33.9 Å². The summed E-state index contributed by atoms with van der Waals surface area (Å²) < 4.78 is 1.32. The van der Waals surface area contributed by atoms with Gasteiger partial charge in [0.15, 0.2) is 0 Å². The molecule has 0 amide bonds. The first-order chi connectivity index (χ1) is 6.13. The Labute approximate surface area is 97.0 Å². The van der Waals surface area contributed by atoms with Crippen molar-refractivity contribution in [3.8, 4) is 0 Å². The van der Waals surface area contributed by atoms with Crippen LogP contribution in [0.25, 0.3) is 0 Å². The lowest BCUT2D eigenvalue weighted by Gasteiger charge is -2.16. The van der Waals surface area contributed by atoms with Gasteiger partial charge in [-0.15, -0.1) is 11.3 Å². The predicted octanol–water partition coefficient (Wildman–Crippen LogP) is 2.90. The van der Waals surface area contributed by atoms with Crippen molar-refractivity contribution >= 4 is 33.9 Å². The van der Waals surface area contributed by atoms with Crippen LogP contribution in [-0.4, -0.2) is 0 Å². The van der Waals surface area contributed by atoms with Crippen LogP contribution in [0.1, 0.15) is 31.9 Å². The molecule has 0 aliphatic heterocycles. The van der Waals surface area contributed by atoms with Crippen LogP contribution in [0, 0.1) is 8.80 Å². The first-order valence-electron chi connectivity index (χ1n) is 4.33. The maximum atomic E-state index is 5.51. The van der Waals surface area contributed by atoms with Crippen LogP contribution in [-0.2, 0) is 0 Å². The number of nitrogens with one attached hydrogen (secondary N) is 1. The Morgan fingerprint density at radius 3 is 2.69 bits per heavy atom. The number of thiophene rings is 1. The normalized spacial score (nSPS) is 13.6. The SMILES string of the molecule is CC(C)CC(NN)c1csc(I)c1. The predicted molar refractivity (Wildman–Crippen MR) is 66.6 cm³/mol. The number of hydrazine groups is 1. The number of nitrogens with two attached hydrogens (primary N) is 1. The van der Waals surface area contributed by atoms with Crippen molar-refractivity contribution < 1.29 is 0 Å². The first kappa shape index (κ1) is 11.4. The van der Waals surface area contributed by atoms with Crippen molar-refractivity contribution in [3.05, 3.63) is 19.9 Å². The highest BCUT2D eigenvalue weighted by Gasteiger charge is 2.12. The highest BCUT2D eigenvalue weighted by Crippen LogP contribution is 2.25. The molecule has 0 aliphatic rings. The number of halogens is 1. The van der Waals surface area contributed by atoms with E-state index in [4.69, 9.17) is 5.84 Å². The molecule has 0 saturated heterocycles. The summed E-state index contributed by atoms with van der Waals surface area (Å²) in [5, 5.41) is 2.18. The van der Waals surface area contributed by atoms with Gasteiger partial charge >= 0.3 is 0 Å². The average Bonchev–Trinajstić information content (AvgIpc) is 2.47. The molecule has 1 atom stereocenters. The van der Waals surface area contributed by atoms with E-state index >= 15 is 0 Å². The summed E-state index contributed by atoms with van der Waals surface area (Å²) in [6.45, 7) is 4.42. The van der Waals surface area contributed by atoms with Crippen LogP contribution in [0.3, 0.4) is 0 Å². The minimum absolute atomic E-state index is 0.305. The lowest BCUT2D eigenvalue weighted by atomic mass is 10.00. The van der Waals surface area contributed by atoms with E-state index in [0.29, 0.717) is 12.0 Å². The van der Waals surface area contributed by atoms with E-state index < -0.39 is 0 Å². The Kier molecular flexibility index (Phi) is 4.64. The summed E-state index contributed by atoms with van der Waals surface area (Å²) in [4.78, 5) is 0. The van der Waals surface area contributed by atoms with Gasteiger partial charge in [0.1, 0.15) is 0 Å². The van der Waals surface area contributed by atoms with Gasteiger partial charge in [0.05, 0.1) is 2.88 Å². The Morgan fingerprint density at radius 2 is 2.31 bits per heavy atom. The molecule has 0 spiro atoms. The molecule has 4 heteroatoms. The van der Waals surface area contributed by atoms with E-state index in [1.54, 1.807) is 11.3 Å². The van der Waals surface area contributed by atoms with Crippen LogP contribution in [0.2, 0.25) is 0 Å². The zero-order chi connectivity index (χ0) is 9.84. The quantitative estimate of drug-likeness (QED) is 0.510. The third-order valence-electron chi connectivity index (χ3n) is 1.90. The lowest BCUT2D eigenvalue weighted by Crippen LogP contribution is -2.28. The van der Waals surface area contributed by atoms with E-state index in [1.807, 2.05) is 0 Å². The van der Waals surface area contributed by atoms with E-state index in [1.165, 1.54) is 8.45 Å². The maximum absolute atomic E-state index is 5.51. The summed E-state index contributed by atoms with van der Waals surface area (Å²) >= 11 is 4.10. The molecule has 0 fully saturated rings. The van der Waals surface area contributed by atoms with Gasteiger partial charge in [0.25, 0.3) is 0 Å².